The minimum absolute atomic E-state index is 0.0331. The molecule has 2 rings (SSSR count). The average molecular weight is 252 g/mol. The number of aliphatic hydroxyl groups is 1. The first-order valence-corrected chi connectivity index (χ1v) is 6.23. The molecule has 5 nitrogen and oxygen atoms in total. The van der Waals surface area contributed by atoms with Gasteiger partial charge in [0.05, 0.1) is 18.4 Å². The lowest BCUT2D eigenvalue weighted by Gasteiger charge is -2.45. The second kappa shape index (κ2) is 5.12. The van der Waals surface area contributed by atoms with Gasteiger partial charge in [0.2, 0.25) is 5.91 Å². The Morgan fingerprint density at radius 1 is 1.61 bits per heavy atom. The molecule has 18 heavy (non-hydrogen) atoms. The van der Waals surface area contributed by atoms with Crippen LogP contribution >= 0.6 is 0 Å². The zero-order chi connectivity index (χ0) is 13.2. The standard InChI is InChI=1S/C13H20N2O3/c1-15(2)13(6-4-7-13)12(17)14-10(9-16)11-5-3-8-18-11/h3,5,8,10,16H,4,6-7,9H2,1-2H3,(H,14,17). The maximum atomic E-state index is 12.3. The Kier molecular flexibility index (Phi) is 3.73. The summed E-state index contributed by atoms with van der Waals surface area (Å²) < 4.78 is 5.22. The van der Waals surface area contributed by atoms with Crippen LogP contribution in [0.1, 0.15) is 31.1 Å². The normalized spacial score (nSPS) is 19.3. The molecule has 100 valence electrons. The average Bonchev–Trinajstić information content (AvgIpc) is 2.76. The van der Waals surface area contributed by atoms with E-state index in [4.69, 9.17) is 4.42 Å². The minimum atomic E-state index is -0.468. The number of hydrogen-bond donors (Lipinski definition) is 2. The Hall–Kier alpha value is -1.33. The van der Waals surface area contributed by atoms with Gasteiger partial charge in [-0.25, -0.2) is 0 Å². The molecule has 1 unspecified atom stereocenters. The van der Waals surface area contributed by atoms with Gasteiger partial charge in [-0.2, -0.15) is 0 Å². The summed E-state index contributed by atoms with van der Waals surface area (Å²) >= 11 is 0. The van der Waals surface area contributed by atoms with Crippen LogP contribution in [0.4, 0.5) is 0 Å². The van der Waals surface area contributed by atoms with Crippen molar-refractivity contribution in [3.05, 3.63) is 24.2 Å². The van der Waals surface area contributed by atoms with E-state index >= 15 is 0 Å². The highest BCUT2D eigenvalue weighted by molar-refractivity contribution is 5.87. The summed E-state index contributed by atoms with van der Waals surface area (Å²) in [7, 11) is 3.83. The molecule has 1 aromatic rings. The lowest BCUT2D eigenvalue weighted by molar-refractivity contribution is -0.138. The van der Waals surface area contributed by atoms with Crippen LogP contribution in [-0.2, 0) is 4.79 Å². The van der Waals surface area contributed by atoms with Gasteiger partial charge in [0.15, 0.2) is 0 Å². The molecule has 2 N–H and O–H groups in total. The predicted molar refractivity (Wildman–Crippen MR) is 66.9 cm³/mol. The van der Waals surface area contributed by atoms with Gasteiger partial charge in [-0.1, -0.05) is 0 Å². The van der Waals surface area contributed by atoms with Gasteiger partial charge < -0.3 is 14.8 Å². The SMILES string of the molecule is CN(C)C1(C(=O)NC(CO)c2ccco2)CCC1. The minimum Gasteiger partial charge on any atom is -0.467 e. The van der Waals surface area contributed by atoms with E-state index in [1.54, 1.807) is 12.1 Å². The quantitative estimate of drug-likeness (QED) is 0.817. The molecular weight excluding hydrogens is 232 g/mol. The van der Waals surface area contributed by atoms with Crippen LogP contribution in [0, 0.1) is 0 Å². The first-order chi connectivity index (χ1) is 8.60. The zero-order valence-electron chi connectivity index (χ0n) is 10.8. The first kappa shape index (κ1) is 13.1. The Morgan fingerprint density at radius 3 is 2.72 bits per heavy atom. The van der Waals surface area contributed by atoms with Crippen LogP contribution in [0.5, 0.6) is 0 Å². The molecule has 1 aliphatic rings. The van der Waals surface area contributed by atoms with Crippen molar-refractivity contribution in [1.29, 1.82) is 0 Å². The van der Waals surface area contributed by atoms with Crippen molar-refractivity contribution in [1.82, 2.24) is 10.2 Å². The van der Waals surface area contributed by atoms with E-state index < -0.39 is 11.6 Å². The molecule has 1 aromatic heterocycles. The summed E-state index contributed by atoms with van der Waals surface area (Å²) in [6, 6.07) is 3.03. The van der Waals surface area contributed by atoms with Crippen molar-refractivity contribution in [3.63, 3.8) is 0 Å². The number of nitrogens with zero attached hydrogens (tertiary/aromatic N) is 1. The highest BCUT2D eigenvalue weighted by Gasteiger charge is 2.46. The molecule has 0 aromatic carbocycles. The number of amides is 1. The van der Waals surface area contributed by atoms with Crippen molar-refractivity contribution < 1.29 is 14.3 Å². The second-order valence-corrected chi connectivity index (χ2v) is 5.00. The van der Waals surface area contributed by atoms with Crippen molar-refractivity contribution in [2.75, 3.05) is 20.7 Å². The number of carbonyl (C=O) groups excluding carboxylic acids is 1. The van der Waals surface area contributed by atoms with Gasteiger partial charge in [0.1, 0.15) is 11.8 Å². The number of aliphatic hydroxyl groups excluding tert-OH is 1. The highest BCUT2D eigenvalue weighted by Crippen LogP contribution is 2.36. The fourth-order valence-corrected chi connectivity index (χ4v) is 2.38. The summed E-state index contributed by atoms with van der Waals surface area (Å²) in [4.78, 5) is 14.3. The summed E-state index contributed by atoms with van der Waals surface area (Å²) in [5.74, 6) is 0.549. The number of nitrogens with one attached hydrogen (secondary N) is 1. The van der Waals surface area contributed by atoms with Crippen LogP contribution in [0.3, 0.4) is 0 Å². The number of carbonyl (C=O) groups is 1. The van der Waals surface area contributed by atoms with Gasteiger partial charge in [-0.3, -0.25) is 9.69 Å². The van der Waals surface area contributed by atoms with Crippen molar-refractivity contribution >= 4 is 5.91 Å². The molecule has 0 spiro atoms. The van der Waals surface area contributed by atoms with Gasteiger partial charge in [0, 0.05) is 0 Å². The van der Waals surface area contributed by atoms with Crippen LogP contribution < -0.4 is 5.32 Å². The summed E-state index contributed by atoms with van der Waals surface area (Å²) in [6.07, 6.45) is 4.33. The van der Waals surface area contributed by atoms with Crippen LogP contribution in [0.15, 0.2) is 22.8 Å². The topological polar surface area (TPSA) is 65.7 Å². The maximum Gasteiger partial charge on any atom is 0.241 e. The van der Waals surface area contributed by atoms with Crippen LogP contribution in [0.25, 0.3) is 0 Å². The zero-order valence-corrected chi connectivity index (χ0v) is 10.8. The molecule has 1 amide bonds. The van der Waals surface area contributed by atoms with Gasteiger partial charge in [-0.05, 0) is 45.5 Å². The molecule has 0 radical (unpaired) electrons. The Morgan fingerprint density at radius 2 is 2.33 bits per heavy atom. The molecule has 1 heterocycles. The Labute approximate surface area is 107 Å². The third-order valence-corrected chi connectivity index (χ3v) is 3.83. The van der Waals surface area contributed by atoms with E-state index in [1.807, 2.05) is 19.0 Å². The number of rotatable bonds is 5. The summed E-state index contributed by atoms with van der Waals surface area (Å²) in [5, 5.41) is 12.2. The van der Waals surface area contributed by atoms with Gasteiger partial charge >= 0.3 is 0 Å². The van der Waals surface area contributed by atoms with E-state index in [0.717, 1.165) is 19.3 Å². The van der Waals surface area contributed by atoms with E-state index in [1.165, 1.54) is 6.26 Å². The predicted octanol–water partition coefficient (Wildman–Crippen LogP) is 0.914. The third kappa shape index (κ3) is 2.15. The fourth-order valence-electron chi connectivity index (χ4n) is 2.38. The van der Waals surface area contributed by atoms with Crippen LogP contribution in [0.2, 0.25) is 0 Å². The lowest BCUT2D eigenvalue weighted by atomic mass is 9.75. The second-order valence-electron chi connectivity index (χ2n) is 5.00. The number of furan rings is 1. The van der Waals surface area contributed by atoms with Crippen LogP contribution in [-0.4, -0.2) is 42.2 Å². The molecule has 1 saturated carbocycles. The summed E-state index contributed by atoms with van der Waals surface area (Å²) in [5.41, 5.74) is -0.417. The monoisotopic (exact) mass is 252 g/mol. The number of hydrogen-bond acceptors (Lipinski definition) is 4. The molecule has 1 aliphatic carbocycles. The molecule has 0 aliphatic heterocycles. The first-order valence-electron chi connectivity index (χ1n) is 6.23. The lowest BCUT2D eigenvalue weighted by Crippen LogP contribution is -2.61. The van der Waals surface area contributed by atoms with Crippen molar-refractivity contribution in [3.8, 4) is 0 Å². The van der Waals surface area contributed by atoms with E-state index in [9.17, 15) is 9.90 Å². The largest absolute Gasteiger partial charge is 0.467 e. The van der Waals surface area contributed by atoms with Gasteiger partial charge in [0.25, 0.3) is 0 Å². The molecule has 0 saturated heterocycles. The Bertz CT molecular complexity index is 396. The smallest absolute Gasteiger partial charge is 0.241 e. The fraction of sp³-hybridized carbons (Fsp3) is 0.615. The van der Waals surface area contributed by atoms with E-state index in [2.05, 4.69) is 5.32 Å². The van der Waals surface area contributed by atoms with E-state index in [-0.39, 0.29) is 12.5 Å². The van der Waals surface area contributed by atoms with E-state index in [0.29, 0.717) is 5.76 Å². The molecule has 5 heteroatoms. The number of likely N-dealkylation sites (N-methyl/N-ethyl adjacent to an activating group) is 1. The molecule has 1 atom stereocenters. The van der Waals surface area contributed by atoms with Gasteiger partial charge in [-0.15, -0.1) is 0 Å². The van der Waals surface area contributed by atoms with Crippen molar-refractivity contribution in [2.24, 2.45) is 0 Å². The molecular formula is C13H20N2O3. The highest BCUT2D eigenvalue weighted by atomic mass is 16.3. The summed E-state index contributed by atoms with van der Waals surface area (Å²) in [6.45, 7) is -0.164. The molecule has 1 fully saturated rings. The van der Waals surface area contributed by atoms with Crippen molar-refractivity contribution in [2.45, 2.75) is 30.8 Å². The Balaban J connectivity index is 2.06. The third-order valence-electron chi connectivity index (χ3n) is 3.83. The molecule has 0 bridgehead atoms. The maximum absolute atomic E-state index is 12.3.